The number of rotatable bonds is 20. The predicted molar refractivity (Wildman–Crippen MR) is 271 cm³/mol. The lowest BCUT2D eigenvalue weighted by molar-refractivity contribution is -0.116. The molecular formula is C35H40I6N6O15. The molecular weight excluding hydrogens is 1510 g/mol. The summed E-state index contributed by atoms with van der Waals surface area (Å²) < 4.78 is -0.107. The average molecular weight is 1550 g/mol. The quantitative estimate of drug-likeness (QED) is 0.0524. The molecule has 0 heterocycles. The van der Waals surface area contributed by atoms with Crippen LogP contribution in [-0.4, -0.2) is 176 Å². The van der Waals surface area contributed by atoms with Gasteiger partial charge in [0.05, 0.1) is 84.5 Å². The van der Waals surface area contributed by atoms with Crippen LogP contribution in [0.25, 0.3) is 0 Å². The van der Waals surface area contributed by atoms with Gasteiger partial charge >= 0.3 is 0 Å². The molecule has 13 N–H and O–H groups in total. The number of aliphatic hydroxyl groups is 9. The maximum absolute atomic E-state index is 13.8. The van der Waals surface area contributed by atoms with Crippen LogP contribution in [0.2, 0.25) is 0 Å². The summed E-state index contributed by atoms with van der Waals surface area (Å²) in [6.07, 6.45) is -7.82. The molecule has 0 aliphatic rings. The summed E-state index contributed by atoms with van der Waals surface area (Å²) in [4.78, 5) is 89.4. The van der Waals surface area contributed by atoms with Crippen LogP contribution in [0.15, 0.2) is 9.98 Å². The van der Waals surface area contributed by atoms with E-state index in [0.717, 1.165) is 13.8 Å². The van der Waals surface area contributed by atoms with Crippen molar-refractivity contribution in [2.75, 3.05) is 52.6 Å². The lowest BCUT2D eigenvalue weighted by Gasteiger charge is -2.25. The molecule has 4 atom stereocenters. The number of amides is 6. The van der Waals surface area contributed by atoms with Gasteiger partial charge in [-0.2, -0.15) is 0 Å². The first-order valence-corrected chi connectivity index (χ1v) is 24.0. The summed E-state index contributed by atoms with van der Waals surface area (Å²) in [7, 11) is 0. The van der Waals surface area contributed by atoms with Gasteiger partial charge in [0.1, 0.15) is 6.10 Å². The molecule has 2 aromatic rings. The largest absolute Gasteiger partial charge is 0.394 e. The Labute approximate surface area is 435 Å². The third-order valence-electron chi connectivity index (χ3n) is 7.96. The first-order chi connectivity index (χ1) is 29.0. The first-order valence-electron chi connectivity index (χ1n) is 17.6. The molecule has 342 valence electrons. The van der Waals surface area contributed by atoms with Crippen LogP contribution in [0, 0.1) is 21.4 Å². The molecule has 2 rings (SSSR count). The van der Waals surface area contributed by atoms with Crippen LogP contribution in [0.3, 0.4) is 0 Å². The van der Waals surface area contributed by atoms with Crippen molar-refractivity contribution in [2.24, 2.45) is 9.98 Å². The van der Waals surface area contributed by atoms with E-state index in [2.05, 4.69) is 31.3 Å². The number of nitrogens with one attached hydrogen (secondary N) is 4. The standard InChI is InChI=1S/C35H40I6N6O15/c1-11(52)46-29(17-23(36)19(32(59)42-3-13(54)7-48)27(40)20(24(17)37)33(60)43-4-14(55)8-49)31(58)30(47-12(2)53)18-25(38)21(34(61)44-5-15(56)9-50)28(41)22(26(18)39)35(62)45-6-16(57)10-51/h13-16,31,48-51,54-58H,3-10H2,1-2H3,(H,42,59)(H,43,60)(H,44,61)(H,45,62). The van der Waals surface area contributed by atoms with Gasteiger partial charge in [-0.25, -0.2) is 9.98 Å². The highest BCUT2D eigenvalue weighted by Gasteiger charge is 2.37. The summed E-state index contributed by atoms with van der Waals surface area (Å²) in [5.41, 5.74) is -2.55. The predicted octanol–water partition coefficient (Wildman–Crippen LogP) is -1.62. The van der Waals surface area contributed by atoms with Gasteiger partial charge in [-0.15, -0.1) is 0 Å². The molecule has 0 bridgehead atoms. The average Bonchev–Trinajstić information content (AvgIpc) is 3.21. The number of hydrogen-bond donors (Lipinski definition) is 13. The van der Waals surface area contributed by atoms with Gasteiger partial charge in [0.15, 0.2) is 0 Å². The van der Waals surface area contributed by atoms with Crippen molar-refractivity contribution in [3.05, 3.63) is 54.8 Å². The second-order valence-electron chi connectivity index (χ2n) is 12.8. The Kier molecular flexibility index (Phi) is 24.9. The molecule has 0 aliphatic carbocycles. The number of aliphatic imine (C=N–C) groups is 2. The molecule has 2 aromatic carbocycles. The molecule has 0 saturated carbocycles. The van der Waals surface area contributed by atoms with Gasteiger partial charge in [-0.3, -0.25) is 28.8 Å². The number of nitrogens with zero attached hydrogens (tertiary/aromatic N) is 2. The molecule has 21 nitrogen and oxygen atoms in total. The highest BCUT2D eigenvalue weighted by atomic mass is 127. The zero-order valence-electron chi connectivity index (χ0n) is 32.2. The summed E-state index contributed by atoms with van der Waals surface area (Å²) >= 11 is 10.2. The van der Waals surface area contributed by atoms with Gasteiger partial charge in [0, 0.05) is 72.6 Å². The monoisotopic (exact) mass is 1550 g/mol. The van der Waals surface area contributed by atoms with Crippen molar-refractivity contribution < 1.29 is 74.7 Å². The van der Waals surface area contributed by atoms with E-state index in [1.165, 1.54) is 0 Å². The van der Waals surface area contributed by atoms with Crippen molar-refractivity contribution >= 4 is 182 Å². The third kappa shape index (κ3) is 15.0. The highest BCUT2D eigenvalue weighted by Crippen LogP contribution is 2.37. The normalized spacial score (nSPS) is 14.3. The third-order valence-corrected chi connectivity index (χ3v) is 14.4. The van der Waals surface area contributed by atoms with E-state index < -0.39 is 130 Å². The molecule has 27 heteroatoms. The van der Waals surface area contributed by atoms with Crippen LogP contribution < -0.4 is 21.3 Å². The number of carbonyl (C=O) groups is 6. The van der Waals surface area contributed by atoms with E-state index >= 15 is 0 Å². The molecule has 62 heavy (non-hydrogen) atoms. The smallest absolute Gasteiger partial charge is 0.253 e. The second kappa shape index (κ2) is 27.0. The van der Waals surface area contributed by atoms with Gasteiger partial charge in [0.25, 0.3) is 23.6 Å². The summed E-state index contributed by atoms with van der Waals surface area (Å²) in [5.74, 6) is -5.45. The minimum absolute atomic E-state index is 0.00657. The molecule has 0 saturated heterocycles. The fourth-order valence-electron chi connectivity index (χ4n) is 5.01. The van der Waals surface area contributed by atoms with Gasteiger partial charge in [-0.1, -0.05) is 0 Å². The number of benzene rings is 2. The van der Waals surface area contributed by atoms with E-state index in [0.29, 0.717) is 0 Å². The Morgan fingerprint density at radius 1 is 0.419 bits per heavy atom. The zero-order valence-corrected chi connectivity index (χ0v) is 45.1. The van der Waals surface area contributed by atoms with E-state index in [1.807, 2.05) is 0 Å². The van der Waals surface area contributed by atoms with Crippen LogP contribution in [0.5, 0.6) is 0 Å². The Morgan fingerprint density at radius 3 is 0.790 bits per heavy atom. The summed E-state index contributed by atoms with van der Waals surface area (Å²) in [5, 5.41) is 99.6. The maximum atomic E-state index is 13.8. The Hall–Kier alpha value is -0.980. The van der Waals surface area contributed by atoms with Crippen molar-refractivity contribution in [2.45, 2.75) is 44.4 Å². The number of carbonyl (C=O) groups excluding carboxylic acids is 6. The molecule has 0 aliphatic heterocycles. The molecule has 0 fully saturated rings. The Bertz CT molecular complexity index is 1870. The highest BCUT2D eigenvalue weighted by molar-refractivity contribution is 14.1. The van der Waals surface area contributed by atoms with Gasteiger partial charge < -0.3 is 67.2 Å². The number of hydrogen-bond acceptors (Lipinski definition) is 15. The second-order valence-corrected chi connectivity index (χ2v) is 19.2. The van der Waals surface area contributed by atoms with Crippen LogP contribution in [0.1, 0.15) is 66.4 Å². The van der Waals surface area contributed by atoms with E-state index in [1.54, 1.807) is 136 Å². The van der Waals surface area contributed by atoms with Crippen LogP contribution in [0.4, 0.5) is 0 Å². The van der Waals surface area contributed by atoms with Gasteiger partial charge in [0.2, 0.25) is 11.8 Å². The first kappa shape index (κ1) is 57.1. The summed E-state index contributed by atoms with van der Waals surface area (Å²) in [6, 6.07) is 0. The van der Waals surface area contributed by atoms with E-state index in [-0.39, 0.29) is 54.8 Å². The summed E-state index contributed by atoms with van der Waals surface area (Å²) in [6.45, 7) is -2.65. The number of aliphatic hydroxyl groups excluding tert-OH is 9. The topological polar surface area (TPSA) is 357 Å². The Balaban J connectivity index is 3.23. The lowest BCUT2D eigenvalue weighted by atomic mass is 9.92. The van der Waals surface area contributed by atoms with Crippen molar-refractivity contribution in [3.8, 4) is 0 Å². The Morgan fingerprint density at radius 2 is 0.613 bits per heavy atom. The molecule has 0 radical (unpaired) electrons. The van der Waals surface area contributed by atoms with E-state index in [9.17, 15) is 74.7 Å². The lowest BCUT2D eigenvalue weighted by Crippen LogP contribution is -2.40. The van der Waals surface area contributed by atoms with Crippen LogP contribution >= 0.6 is 136 Å². The minimum Gasteiger partial charge on any atom is -0.394 e. The minimum atomic E-state index is -2.26. The molecule has 0 aromatic heterocycles. The number of halogens is 6. The molecule has 6 amide bonds. The molecule has 0 spiro atoms. The van der Waals surface area contributed by atoms with Crippen LogP contribution in [-0.2, 0) is 9.59 Å². The van der Waals surface area contributed by atoms with Crippen molar-refractivity contribution in [1.29, 1.82) is 0 Å². The van der Waals surface area contributed by atoms with Crippen molar-refractivity contribution in [3.63, 3.8) is 0 Å². The maximum Gasteiger partial charge on any atom is 0.253 e. The van der Waals surface area contributed by atoms with Gasteiger partial charge in [-0.05, 0) is 136 Å². The fraction of sp³-hybridized carbons (Fsp3) is 0.429. The fourth-order valence-corrected chi connectivity index (χ4v) is 14.4. The van der Waals surface area contributed by atoms with Crippen molar-refractivity contribution in [1.82, 2.24) is 21.3 Å². The SMILES string of the molecule is CC(=O)N=C(c1c(I)c(C(=O)NCC(O)CO)c(I)c(C(=O)NCC(O)CO)c1I)C(O)C(=NC(C)=O)c1c(I)c(C(=O)NCC(O)CO)c(I)c(C(=O)NCC(O)CO)c1I. The molecule has 4 unspecified atom stereocenters. The zero-order chi connectivity index (χ0) is 47.3. The van der Waals surface area contributed by atoms with E-state index in [4.69, 9.17) is 0 Å².